The van der Waals surface area contributed by atoms with E-state index in [1.807, 2.05) is 20.8 Å². The zero-order chi connectivity index (χ0) is 14.7. The number of carbonyl (C=O) groups excluding carboxylic acids is 1. The molecule has 2 unspecified atom stereocenters. The van der Waals surface area contributed by atoms with Gasteiger partial charge < -0.3 is 16.4 Å². The van der Waals surface area contributed by atoms with E-state index < -0.39 is 0 Å². The van der Waals surface area contributed by atoms with Crippen molar-refractivity contribution in [1.82, 2.24) is 10.6 Å². The largest absolute Gasteiger partial charge is 0.351 e. The topological polar surface area (TPSA) is 67.1 Å². The number of hydrogen-bond acceptors (Lipinski definition) is 3. The Morgan fingerprint density at radius 1 is 1.42 bits per heavy atom. The van der Waals surface area contributed by atoms with Crippen molar-refractivity contribution in [1.29, 1.82) is 0 Å². The lowest BCUT2D eigenvalue weighted by Gasteiger charge is -2.25. The number of hydrogen-bond donors (Lipinski definition) is 3. The molecule has 1 rings (SSSR count). The Kier molecular flexibility index (Phi) is 5.39. The summed E-state index contributed by atoms with van der Waals surface area (Å²) in [6, 6.07) is 0.590. The summed E-state index contributed by atoms with van der Waals surface area (Å²) in [7, 11) is 0. The first-order chi connectivity index (χ1) is 8.61. The molecule has 0 bridgehead atoms. The number of nitrogens with one attached hydrogen (secondary N) is 2. The molecular formula is C15H31N3O. The SMILES string of the molecule is CC1(C)CCC(NC(CN)CC(=O)NC(C)(C)C)C1. The maximum Gasteiger partial charge on any atom is 0.222 e. The average molecular weight is 269 g/mol. The lowest BCUT2D eigenvalue weighted by Crippen LogP contribution is -2.48. The van der Waals surface area contributed by atoms with Crippen LogP contribution in [0.4, 0.5) is 0 Å². The minimum Gasteiger partial charge on any atom is -0.351 e. The first kappa shape index (κ1) is 16.4. The number of amides is 1. The number of nitrogens with two attached hydrogens (primary N) is 1. The first-order valence-electron chi connectivity index (χ1n) is 7.38. The van der Waals surface area contributed by atoms with Gasteiger partial charge in [0.15, 0.2) is 0 Å². The van der Waals surface area contributed by atoms with E-state index in [1.165, 1.54) is 19.3 Å². The third-order valence-electron chi connectivity index (χ3n) is 3.67. The summed E-state index contributed by atoms with van der Waals surface area (Å²) in [6.07, 6.45) is 4.07. The third-order valence-corrected chi connectivity index (χ3v) is 3.67. The van der Waals surface area contributed by atoms with E-state index in [-0.39, 0.29) is 17.5 Å². The van der Waals surface area contributed by atoms with Crippen molar-refractivity contribution in [3.63, 3.8) is 0 Å². The van der Waals surface area contributed by atoms with Gasteiger partial charge in [0.25, 0.3) is 0 Å². The molecule has 0 heterocycles. The average Bonchev–Trinajstić information content (AvgIpc) is 2.54. The molecule has 4 N–H and O–H groups in total. The summed E-state index contributed by atoms with van der Waals surface area (Å²) >= 11 is 0. The predicted molar refractivity (Wildman–Crippen MR) is 79.9 cm³/mol. The molecule has 1 aliphatic carbocycles. The lowest BCUT2D eigenvalue weighted by molar-refractivity contribution is -0.123. The highest BCUT2D eigenvalue weighted by Crippen LogP contribution is 2.37. The molecule has 19 heavy (non-hydrogen) atoms. The van der Waals surface area contributed by atoms with Crippen molar-refractivity contribution in [2.75, 3.05) is 6.54 Å². The summed E-state index contributed by atoms with van der Waals surface area (Å²) in [4.78, 5) is 11.9. The molecule has 0 aromatic carbocycles. The second-order valence-electron chi connectivity index (χ2n) is 7.71. The lowest BCUT2D eigenvalue weighted by atomic mass is 9.91. The van der Waals surface area contributed by atoms with Gasteiger partial charge in [0, 0.05) is 30.6 Å². The van der Waals surface area contributed by atoms with E-state index in [1.54, 1.807) is 0 Å². The van der Waals surface area contributed by atoms with Crippen molar-refractivity contribution < 1.29 is 4.79 Å². The smallest absolute Gasteiger partial charge is 0.222 e. The maximum absolute atomic E-state index is 11.9. The van der Waals surface area contributed by atoms with E-state index in [0.717, 1.165) is 0 Å². The van der Waals surface area contributed by atoms with E-state index in [4.69, 9.17) is 5.73 Å². The normalized spacial score (nSPS) is 24.2. The van der Waals surface area contributed by atoms with Crippen LogP contribution in [-0.4, -0.2) is 30.1 Å². The van der Waals surface area contributed by atoms with Crippen LogP contribution >= 0.6 is 0 Å². The molecule has 2 atom stereocenters. The van der Waals surface area contributed by atoms with Crippen LogP contribution in [0.15, 0.2) is 0 Å². The molecule has 1 saturated carbocycles. The Labute approximate surface area is 117 Å². The molecule has 0 aromatic heterocycles. The summed E-state index contributed by atoms with van der Waals surface area (Å²) in [6.45, 7) is 11.1. The van der Waals surface area contributed by atoms with Crippen LogP contribution in [-0.2, 0) is 4.79 Å². The third kappa shape index (κ3) is 6.39. The predicted octanol–water partition coefficient (Wildman–Crippen LogP) is 1.79. The van der Waals surface area contributed by atoms with Crippen molar-refractivity contribution in [3.05, 3.63) is 0 Å². The van der Waals surface area contributed by atoms with E-state index >= 15 is 0 Å². The summed E-state index contributed by atoms with van der Waals surface area (Å²) in [5.74, 6) is 0.0766. The highest BCUT2D eigenvalue weighted by atomic mass is 16.1. The Morgan fingerprint density at radius 3 is 2.47 bits per heavy atom. The van der Waals surface area contributed by atoms with Gasteiger partial charge >= 0.3 is 0 Å². The fourth-order valence-electron chi connectivity index (χ4n) is 2.82. The molecule has 0 aromatic rings. The molecule has 0 saturated heterocycles. The van der Waals surface area contributed by atoms with Crippen molar-refractivity contribution in [2.45, 2.75) is 77.9 Å². The van der Waals surface area contributed by atoms with Crippen molar-refractivity contribution in [2.24, 2.45) is 11.1 Å². The zero-order valence-electron chi connectivity index (χ0n) is 13.2. The maximum atomic E-state index is 11.9. The van der Waals surface area contributed by atoms with Gasteiger partial charge in [-0.15, -0.1) is 0 Å². The first-order valence-corrected chi connectivity index (χ1v) is 7.38. The van der Waals surface area contributed by atoms with E-state index in [2.05, 4.69) is 24.5 Å². The molecule has 1 fully saturated rings. The fourth-order valence-corrected chi connectivity index (χ4v) is 2.82. The van der Waals surface area contributed by atoms with Crippen LogP contribution < -0.4 is 16.4 Å². The van der Waals surface area contributed by atoms with Crippen LogP contribution in [0.3, 0.4) is 0 Å². The monoisotopic (exact) mass is 269 g/mol. The van der Waals surface area contributed by atoms with Gasteiger partial charge in [-0.25, -0.2) is 0 Å². The Morgan fingerprint density at radius 2 is 2.05 bits per heavy atom. The van der Waals surface area contributed by atoms with Gasteiger partial charge in [-0.05, 0) is 45.4 Å². The molecule has 1 amide bonds. The molecule has 1 aliphatic rings. The van der Waals surface area contributed by atoms with Crippen molar-refractivity contribution >= 4 is 5.91 Å². The molecule has 112 valence electrons. The summed E-state index contributed by atoms with van der Waals surface area (Å²) < 4.78 is 0. The van der Waals surface area contributed by atoms with Crippen molar-refractivity contribution in [3.8, 4) is 0 Å². The minimum absolute atomic E-state index is 0.0766. The molecular weight excluding hydrogens is 238 g/mol. The highest BCUT2D eigenvalue weighted by Gasteiger charge is 2.32. The molecule has 0 aliphatic heterocycles. The zero-order valence-corrected chi connectivity index (χ0v) is 13.2. The van der Waals surface area contributed by atoms with Crippen LogP contribution in [0.5, 0.6) is 0 Å². The highest BCUT2D eigenvalue weighted by molar-refractivity contribution is 5.77. The summed E-state index contributed by atoms with van der Waals surface area (Å²) in [5, 5.41) is 6.54. The fraction of sp³-hybridized carbons (Fsp3) is 0.933. The van der Waals surface area contributed by atoms with Gasteiger partial charge in [0.2, 0.25) is 5.91 Å². The van der Waals surface area contributed by atoms with Gasteiger partial charge in [-0.1, -0.05) is 13.8 Å². The number of rotatable bonds is 5. The van der Waals surface area contributed by atoms with Crippen LogP contribution in [0.1, 0.15) is 60.3 Å². The summed E-state index contributed by atoms with van der Waals surface area (Å²) in [5.41, 5.74) is 6.03. The Hall–Kier alpha value is -0.610. The quantitative estimate of drug-likeness (QED) is 0.713. The molecule has 0 spiro atoms. The second-order valence-corrected chi connectivity index (χ2v) is 7.71. The number of carbonyl (C=O) groups is 1. The standard InChI is InChI=1S/C15H31N3O/c1-14(2,3)18-13(19)8-12(10-16)17-11-6-7-15(4,5)9-11/h11-12,17H,6-10,16H2,1-5H3,(H,18,19). The Balaban J connectivity index is 2.40. The van der Waals surface area contributed by atoms with Gasteiger partial charge in [-0.3, -0.25) is 4.79 Å². The second kappa shape index (κ2) is 6.23. The van der Waals surface area contributed by atoms with Crippen LogP contribution in [0.25, 0.3) is 0 Å². The Bertz CT molecular complexity index is 307. The molecule has 4 heteroatoms. The van der Waals surface area contributed by atoms with E-state index in [0.29, 0.717) is 24.4 Å². The van der Waals surface area contributed by atoms with Crippen LogP contribution in [0.2, 0.25) is 0 Å². The van der Waals surface area contributed by atoms with E-state index in [9.17, 15) is 4.79 Å². The van der Waals surface area contributed by atoms with Gasteiger partial charge in [-0.2, -0.15) is 0 Å². The minimum atomic E-state index is -0.175. The van der Waals surface area contributed by atoms with Gasteiger partial charge in [0.1, 0.15) is 0 Å². The molecule has 0 radical (unpaired) electrons. The van der Waals surface area contributed by atoms with Gasteiger partial charge in [0.05, 0.1) is 0 Å². The van der Waals surface area contributed by atoms with Crippen LogP contribution in [0, 0.1) is 5.41 Å². The molecule has 4 nitrogen and oxygen atoms in total.